The lowest BCUT2D eigenvalue weighted by atomic mass is 10.1. The van der Waals surface area contributed by atoms with Crippen LogP contribution in [0.4, 0.5) is 10.2 Å². The highest BCUT2D eigenvalue weighted by molar-refractivity contribution is 5.98. The lowest BCUT2D eigenvalue weighted by Gasteiger charge is -2.32. The predicted molar refractivity (Wildman–Crippen MR) is 127 cm³/mol. The van der Waals surface area contributed by atoms with Crippen LogP contribution >= 0.6 is 0 Å². The van der Waals surface area contributed by atoms with Gasteiger partial charge in [0.15, 0.2) is 11.5 Å². The molecule has 1 saturated heterocycles. The zero-order valence-electron chi connectivity index (χ0n) is 18.4. The van der Waals surface area contributed by atoms with Crippen LogP contribution in [0.3, 0.4) is 0 Å². The highest BCUT2D eigenvalue weighted by Gasteiger charge is 2.29. The maximum atomic E-state index is 13.5. The van der Waals surface area contributed by atoms with E-state index in [1.807, 2.05) is 54.6 Å². The standard InChI is InChI=1S/C25H23FN6O2/c1-16(26)25(33)31-13-5-6-18(14-31)32-24-21(23(27)28-15-29-24)22(30-32)17-9-11-20(12-10-17)34-19-7-3-2-4-8-19/h2-4,7-12,15,18H,1,5-6,13-14H2,(H2,27,28,29). The Morgan fingerprint density at radius 1 is 1.09 bits per heavy atom. The summed E-state index contributed by atoms with van der Waals surface area (Å²) in [6.45, 7) is 3.93. The average Bonchev–Trinajstić information content (AvgIpc) is 3.26. The molecule has 1 amide bonds. The number of nitrogens with two attached hydrogens (primary N) is 1. The van der Waals surface area contributed by atoms with Crippen LogP contribution in [0.5, 0.6) is 11.5 Å². The Labute approximate surface area is 195 Å². The van der Waals surface area contributed by atoms with Gasteiger partial charge in [0.1, 0.15) is 29.3 Å². The van der Waals surface area contributed by atoms with Crippen molar-refractivity contribution < 1.29 is 13.9 Å². The molecule has 9 heteroatoms. The summed E-state index contributed by atoms with van der Waals surface area (Å²) in [5.74, 6) is 0.100. The van der Waals surface area contributed by atoms with E-state index in [0.29, 0.717) is 47.8 Å². The fourth-order valence-electron chi connectivity index (χ4n) is 4.27. The van der Waals surface area contributed by atoms with E-state index in [2.05, 4.69) is 16.5 Å². The molecule has 0 aliphatic carbocycles. The summed E-state index contributed by atoms with van der Waals surface area (Å²) < 4.78 is 21.1. The number of para-hydroxylation sites is 1. The predicted octanol–water partition coefficient (Wildman–Crippen LogP) is 4.51. The van der Waals surface area contributed by atoms with E-state index in [-0.39, 0.29) is 6.04 Å². The zero-order valence-corrected chi connectivity index (χ0v) is 18.4. The normalized spacial score (nSPS) is 15.9. The smallest absolute Gasteiger partial charge is 0.282 e. The molecule has 0 saturated carbocycles. The Bertz CT molecular complexity index is 1350. The zero-order chi connectivity index (χ0) is 23.7. The van der Waals surface area contributed by atoms with Gasteiger partial charge in [-0.1, -0.05) is 24.8 Å². The molecule has 0 radical (unpaired) electrons. The summed E-state index contributed by atoms with van der Waals surface area (Å²) in [7, 11) is 0. The number of hydrogen-bond donors (Lipinski definition) is 1. The van der Waals surface area contributed by atoms with E-state index in [1.54, 1.807) is 4.68 Å². The van der Waals surface area contributed by atoms with Crippen LogP contribution in [0.15, 0.2) is 73.3 Å². The molecule has 172 valence electrons. The van der Waals surface area contributed by atoms with Crippen LogP contribution in [-0.2, 0) is 4.79 Å². The third kappa shape index (κ3) is 4.07. The maximum absolute atomic E-state index is 13.5. The van der Waals surface area contributed by atoms with Gasteiger partial charge >= 0.3 is 0 Å². The highest BCUT2D eigenvalue weighted by atomic mass is 19.1. The van der Waals surface area contributed by atoms with Gasteiger partial charge in [-0.25, -0.2) is 19.0 Å². The summed E-state index contributed by atoms with van der Waals surface area (Å²) in [5.41, 5.74) is 8.27. The number of ether oxygens (including phenoxy) is 1. The van der Waals surface area contributed by atoms with E-state index >= 15 is 0 Å². The van der Waals surface area contributed by atoms with Crippen LogP contribution in [0.2, 0.25) is 0 Å². The fourth-order valence-corrected chi connectivity index (χ4v) is 4.27. The molecule has 0 bridgehead atoms. The lowest BCUT2D eigenvalue weighted by Crippen LogP contribution is -2.41. The second-order valence-electron chi connectivity index (χ2n) is 8.14. The van der Waals surface area contributed by atoms with Crippen molar-refractivity contribution in [3.8, 4) is 22.8 Å². The molecular formula is C25H23FN6O2. The van der Waals surface area contributed by atoms with Crippen LogP contribution in [0.25, 0.3) is 22.3 Å². The first kappa shape index (κ1) is 21.6. The Balaban J connectivity index is 1.49. The number of likely N-dealkylation sites (tertiary alicyclic amines) is 1. The van der Waals surface area contributed by atoms with Crippen molar-refractivity contribution in [3.63, 3.8) is 0 Å². The van der Waals surface area contributed by atoms with Crippen LogP contribution < -0.4 is 10.5 Å². The van der Waals surface area contributed by atoms with Gasteiger partial charge in [-0.2, -0.15) is 5.10 Å². The van der Waals surface area contributed by atoms with Gasteiger partial charge in [-0.05, 0) is 49.2 Å². The van der Waals surface area contributed by atoms with Gasteiger partial charge < -0.3 is 15.4 Å². The molecule has 1 aliphatic rings. The minimum Gasteiger partial charge on any atom is -0.457 e. The van der Waals surface area contributed by atoms with Gasteiger partial charge in [0, 0.05) is 18.7 Å². The number of anilines is 1. The van der Waals surface area contributed by atoms with Crippen molar-refractivity contribution in [2.45, 2.75) is 18.9 Å². The maximum Gasteiger partial charge on any atom is 0.282 e. The SMILES string of the molecule is C=C(F)C(=O)N1CCCC(n2nc(-c3ccc(Oc4ccccc4)cc3)c3c(N)ncnc32)C1. The van der Waals surface area contributed by atoms with Crippen molar-refractivity contribution >= 4 is 22.8 Å². The number of nitrogens with zero attached hydrogens (tertiary/aromatic N) is 5. The van der Waals surface area contributed by atoms with Crippen molar-refractivity contribution in [1.29, 1.82) is 0 Å². The molecule has 2 aromatic carbocycles. The van der Waals surface area contributed by atoms with Gasteiger partial charge in [-0.15, -0.1) is 0 Å². The van der Waals surface area contributed by atoms with Crippen molar-refractivity contribution in [2.24, 2.45) is 0 Å². The number of hydrogen-bond acceptors (Lipinski definition) is 6. The summed E-state index contributed by atoms with van der Waals surface area (Å²) in [4.78, 5) is 22.2. The third-order valence-corrected chi connectivity index (χ3v) is 5.89. The van der Waals surface area contributed by atoms with E-state index in [4.69, 9.17) is 15.6 Å². The molecule has 5 rings (SSSR count). The summed E-state index contributed by atoms with van der Waals surface area (Å²) in [5, 5.41) is 5.47. The van der Waals surface area contributed by atoms with Crippen molar-refractivity contribution in [3.05, 3.63) is 73.3 Å². The van der Waals surface area contributed by atoms with Gasteiger partial charge in [0.05, 0.1) is 11.4 Å². The molecule has 1 unspecified atom stereocenters. The second kappa shape index (κ2) is 8.93. The summed E-state index contributed by atoms with van der Waals surface area (Å²) in [6.07, 6.45) is 2.88. The molecule has 2 N–H and O–H groups in total. The summed E-state index contributed by atoms with van der Waals surface area (Å²) in [6, 6.07) is 16.9. The van der Waals surface area contributed by atoms with Gasteiger partial charge in [-0.3, -0.25) is 4.79 Å². The van der Waals surface area contributed by atoms with Gasteiger partial charge in [0.2, 0.25) is 0 Å². The van der Waals surface area contributed by atoms with Gasteiger partial charge in [0.25, 0.3) is 5.91 Å². The minimum atomic E-state index is -0.962. The number of halogens is 1. The van der Waals surface area contributed by atoms with Crippen molar-refractivity contribution in [1.82, 2.24) is 24.6 Å². The van der Waals surface area contributed by atoms with Crippen molar-refractivity contribution in [2.75, 3.05) is 18.8 Å². The quantitative estimate of drug-likeness (QED) is 0.442. The fraction of sp³-hybridized carbons (Fsp3) is 0.200. The summed E-state index contributed by atoms with van der Waals surface area (Å²) >= 11 is 0. The first-order chi connectivity index (χ1) is 16.5. The number of fused-ring (bicyclic) bond motifs is 1. The molecule has 34 heavy (non-hydrogen) atoms. The van der Waals surface area contributed by atoms with E-state index in [0.717, 1.165) is 17.7 Å². The third-order valence-electron chi connectivity index (χ3n) is 5.89. The Morgan fingerprint density at radius 2 is 1.82 bits per heavy atom. The average molecular weight is 458 g/mol. The second-order valence-corrected chi connectivity index (χ2v) is 8.14. The monoisotopic (exact) mass is 458 g/mol. The minimum absolute atomic E-state index is 0.178. The molecule has 4 aromatic rings. The van der Waals surface area contributed by atoms with Crippen LogP contribution in [-0.4, -0.2) is 43.6 Å². The van der Waals surface area contributed by atoms with Crippen LogP contribution in [0.1, 0.15) is 18.9 Å². The Hall–Kier alpha value is -4.27. The molecular weight excluding hydrogens is 435 g/mol. The molecule has 8 nitrogen and oxygen atoms in total. The number of rotatable bonds is 5. The largest absolute Gasteiger partial charge is 0.457 e. The Morgan fingerprint density at radius 3 is 2.56 bits per heavy atom. The first-order valence-corrected chi connectivity index (χ1v) is 11.0. The number of piperidine rings is 1. The Kier molecular flexibility index (Phi) is 5.67. The van der Waals surface area contributed by atoms with E-state index in [1.165, 1.54) is 11.2 Å². The number of carbonyl (C=O) groups is 1. The number of amides is 1. The molecule has 3 heterocycles. The number of carbonyl (C=O) groups excluding carboxylic acids is 1. The first-order valence-electron chi connectivity index (χ1n) is 11.0. The topological polar surface area (TPSA) is 99.2 Å². The molecule has 1 aliphatic heterocycles. The number of aromatic nitrogens is 4. The molecule has 2 aromatic heterocycles. The highest BCUT2D eigenvalue weighted by Crippen LogP contribution is 2.35. The van der Waals surface area contributed by atoms with Crippen LogP contribution in [0, 0.1) is 0 Å². The molecule has 1 fully saturated rings. The lowest BCUT2D eigenvalue weighted by molar-refractivity contribution is -0.130. The van der Waals surface area contributed by atoms with E-state index in [9.17, 15) is 9.18 Å². The number of benzene rings is 2. The van der Waals surface area contributed by atoms with E-state index < -0.39 is 11.7 Å². The molecule has 0 spiro atoms. The number of nitrogen functional groups attached to an aromatic ring is 1. The molecule has 1 atom stereocenters.